The van der Waals surface area contributed by atoms with Gasteiger partial charge in [-0.1, -0.05) is 19.3 Å². The monoisotopic (exact) mass is 261 g/mol. The van der Waals surface area contributed by atoms with Gasteiger partial charge in [-0.3, -0.25) is 0 Å². The van der Waals surface area contributed by atoms with E-state index < -0.39 is 0 Å². The topological polar surface area (TPSA) is 67.1 Å². The van der Waals surface area contributed by atoms with E-state index in [1.165, 1.54) is 32.1 Å². The molecule has 0 aromatic carbocycles. The SMILES string of the molecule is CNc1cc(N2CCC3CCCCC3C2)nc(N)n1. The van der Waals surface area contributed by atoms with E-state index in [0.29, 0.717) is 5.95 Å². The number of piperidine rings is 1. The average molecular weight is 261 g/mol. The predicted octanol–water partition coefficient (Wildman–Crippen LogP) is 2.12. The van der Waals surface area contributed by atoms with E-state index in [-0.39, 0.29) is 0 Å². The molecule has 5 nitrogen and oxygen atoms in total. The summed E-state index contributed by atoms with van der Waals surface area (Å²) in [7, 11) is 1.86. The van der Waals surface area contributed by atoms with E-state index in [9.17, 15) is 0 Å². The van der Waals surface area contributed by atoms with Gasteiger partial charge >= 0.3 is 0 Å². The van der Waals surface area contributed by atoms with Gasteiger partial charge in [0.15, 0.2) is 0 Å². The Kier molecular flexibility index (Phi) is 3.44. The highest BCUT2D eigenvalue weighted by atomic mass is 15.2. The van der Waals surface area contributed by atoms with Crippen LogP contribution in [0.1, 0.15) is 32.1 Å². The Labute approximate surface area is 114 Å². The molecule has 0 bridgehead atoms. The summed E-state index contributed by atoms with van der Waals surface area (Å²) in [5, 5.41) is 3.05. The lowest BCUT2D eigenvalue weighted by atomic mass is 9.75. The van der Waals surface area contributed by atoms with Gasteiger partial charge in [0, 0.05) is 26.2 Å². The molecule has 1 saturated heterocycles. The molecule has 2 aliphatic rings. The van der Waals surface area contributed by atoms with Crippen LogP contribution in [0, 0.1) is 11.8 Å². The third-order valence-electron chi connectivity index (χ3n) is 4.60. The Hall–Kier alpha value is -1.52. The van der Waals surface area contributed by atoms with Crippen molar-refractivity contribution in [3.63, 3.8) is 0 Å². The van der Waals surface area contributed by atoms with E-state index in [1.807, 2.05) is 13.1 Å². The van der Waals surface area contributed by atoms with Crippen LogP contribution in [-0.4, -0.2) is 30.1 Å². The molecule has 1 aromatic heterocycles. The van der Waals surface area contributed by atoms with Gasteiger partial charge in [0.2, 0.25) is 5.95 Å². The van der Waals surface area contributed by atoms with Crippen molar-refractivity contribution in [1.82, 2.24) is 9.97 Å². The van der Waals surface area contributed by atoms with Crippen molar-refractivity contribution in [3.05, 3.63) is 6.07 Å². The number of aromatic nitrogens is 2. The van der Waals surface area contributed by atoms with Gasteiger partial charge in [-0.05, 0) is 24.7 Å². The molecular weight excluding hydrogens is 238 g/mol. The molecule has 0 spiro atoms. The lowest BCUT2D eigenvalue weighted by molar-refractivity contribution is 0.202. The molecule has 104 valence electrons. The molecule has 19 heavy (non-hydrogen) atoms. The van der Waals surface area contributed by atoms with Gasteiger partial charge in [0.25, 0.3) is 0 Å². The van der Waals surface area contributed by atoms with E-state index in [4.69, 9.17) is 5.73 Å². The van der Waals surface area contributed by atoms with Crippen molar-refractivity contribution in [3.8, 4) is 0 Å². The Bertz CT molecular complexity index is 447. The van der Waals surface area contributed by atoms with Gasteiger partial charge in [0.05, 0.1) is 0 Å². The van der Waals surface area contributed by atoms with Crippen LogP contribution in [-0.2, 0) is 0 Å². The summed E-state index contributed by atoms with van der Waals surface area (Å²) in [6, 6.07) is 2.00. The van der Waals surface area contributed by atoms with Crippen LogP contribution < -0.4 is 16.0 Å². The van der Waals surface area contributed by atoms with Crippen LogP contribution in [0.5, 0.6) is 0 Å². The highest BCUT2D eigenvalue weighted by Crippen LogP contribution is 2.37. The minimum atomic E-state index is 0.354. The van der Waals surface area contributed by atoms with Gasteiger partial charge in [-0.25, -0.2) is 0 Å². The van der Waals surface area contributed by atoms with Gasteiger partial charge in [-0.2, -0.15) is 9.97 Å². The van der Waals surface area contributed by atoms with Crippen molar-refractivity contribution >= 4 is 17.6 Å². The smallest absolute Gasteiger partial charge is 0.223 e. The van der Waals surface area contributed by atoms with Crippen molar-refractivity contribution < 1.29 is 0 Å². The molecule has 1 saturated carbocycles. The minimum Gasteiger partial charge on any atom is -0.373 e. The highest BCUT2D eigenvalue weighted by Gasteiger charge is 2.31. The summed E-state index contributed by atoms with van der Waals surface area (Å²) in [4.78, 5) is 10.9. The number of nitrogen functional groups attached to an aromatic ring is 1. The normalized spacial score (nSPS) is 26.9. The van der Waals surface area contributed by atoms with Crippen molar-refractivity contribution in [2.45, 2.75) is 32.1 Å². The standard InChI is InChI=1S/C14H23N5/c1-16-12-8-13(18-14(15)17-12)19-7-6-10-4-2-3-5-11(10)9-19/h8,10-11H,2-7,9H2,1H3,(H3,15,16,17,18). The maximum atomic E-state index is 5.78. The second-order valence-electron chi connectivity index (χ2n) is 5.76. The number of hydrogen-bond donors (Lipinski definition) is 2. The first-order valence-electron chi connectivity index (χ1n) is 7.33. The molecule has 2 atom stereocenters. The van der Waals surface area contributed by atoms with Gasteiger partial charge in [0.1, 0.15) is 11.6 Å². The predicted molar refractivity (Wildman–Crippen MR) is 78.3 cm³/mol. The van der Waals surface area contributed by atoms with E-state index in [0.717, 1.165) is 36.6 Å². The Morgan fingerprint density at radius 2 is 2.00 bits per heavy atom. The fourth-order valence-corrected chi connectivity index (χ4v) is 3.55. The Morgan fingerprint density at radius 3 is 2.79 bits per heavy atom. The zero-order valence-corrected chi connectivity index (χ0v) is 11.6. The molecule has 1 aliphatic heterocycles. The summed E-state index contributed by atoms with van der Waals surface area (Å²) in [6.45, 7) is 2.23. The summed E-state index contributed by atoms with van der Waals surface area (Å²) in [5.74, 6) is 3.91. The maximum Gasteiger partial charge on any atom is 0.223 e. The third kappa shape index (κ3) is 2.60. The fourth-order valence-electron chi connectivity index (χ4n) is 3.55. The average Bonchev–Trinajstić information content (AvgIpc) is 2.46. The highest BCUT2D eigenvalue weighted by molar-refractivity contribution is 5.52. The molecule has 2 heterocycles. The molecule has 5 heteroatoms. The first-order chi connectivity index (χ1) is 9.26. The molecule has 1 aliphatic carbocycles. The van der Waals surface area contributed by atoms with Gasteiger partial charge in [-0.15, -0.1) is 0 Å². The minimum absolute atomic E-state index is 0.354. The van der Waals surface area contributed by atoms with Crippen LogP contribution in [0.15, 0.2) is 6.07 Å². The van der Waals surface area contributed by atoms with Crippen LogP contribution in [0.4, 0.5) is 17.6 Å². The van der Waals surface area contributed by atoms with E-state index >= 15 is 0 Å². The molecule has 3 rings (SSSR count). The molecule has 0 radical (unpaired) electrons. The maximum absolute atomic E-state index is 5.78. The van der Waals surface area contributed by atoms with Crippen LogP contribution >= 0.6 is 0 Å². The lowest BCUT2D eigenvalue weighted by Crippen LogP contribution is -2.42. The first kappa shape index (κ1) is 12.5. The van der Waals surface area contributed by atoms with Crippen molar-refractivity contribution in [1.29, 1.82) is 0 Å². The fraction of sp³-hybridized carbons (Fsp3) is 0.714. The Balaban J connectivity index is 1.77. The van der Waals surface area contributed by atoms with E-state index in [2.05, 4.69) is 20.2 Å². The first-order valence-corrected chi connectivity index (χ1v) is 7.33. The quantitative estimate of drug-likeness (QED) is 0.853. The lowest BCUT2D eigenvalue weighted by Gasteiger charge is -2.41. The molecule has 1 aromatic rings. The summed E-state index contributed by atoms with van der Waals surface area (Å²) in [6.07, 6.45) is 6.91. The number of fused-ring (bicyclic) bond motifs is 1. The number of nitrogens with zero attached hydrogens (tertiary/aromatic N) is 3. The second-order valence-corrected chi connectivity index (χ2v) is 5.76. The number of anilines is 3. The molecular formula is C14H23N5. The molecule has 3 N–H and O–H groups in total. The molecule has 0 amide bonds. The van der Waals surface area contributed by atoms with Crippen LogP contribution in [0.25, 0.3) is 0 Å². The summed E-state index contributed by atoms with van der Waals surface area (Å²) in [5.41, 5.74) is 5.78. The second kappa shape index (κ2) is 5.23. The van der Waals surface area contributed by atoms with Crippen molar-refractivity contribution in [2.75, 3.05) is 36.1 Å². The molecule has 2 unspecified atom stereocenters. The summed E-state index contributed by atoms with van der Waals surface area (Å²) < 4.78 is 0. The molecule has 2 fully saturated rings. The van der Waals surface area contributed by atoms with Crippen LogP contribution in [0.2, 0.25) is 0 Å². The number of nitrogens with two attached hydrogens (primary N) is 1. The zero-order valence-electron chi connectivity index (χ0n) is 11.6. The Morgan fingerprint density at radius 1 is 1.21 bits per heavy atom. The summed E-state index contributed by atoms with van der Waals surface area (Å²) >= 11 is 0. The number of hydrogen-bond acceptors (Lipinski definition) is 5. The van der Waals surface area contributed by atoms with Gasteiger partial charge < -0.3 is 16.0 Å². The van der Waals surface area contributed by atoms with Crippen LogP contribution in [0.3, 0.4) is 0 Å². The third-order valence-corrected chi connectivity index (χ3v) is 4.60. The zero-order chi connectivity index (χ0) is 13.2. The number of rotatable bonds is 2. The van der Waals surface area contributed by atoms with Crippen molar-refractivity contribution in [2.24, 2.45) is 11.8 Å². The largest absolute Gasteiger partial charge is 0.373 e. The number of nitrogens with one attached hydrogen (secondary N) is 1. The van der Waals surface area contributed by atoms with E-state index in [1.54, 1.807) is 0 Å².